The molecule has 3 rings (SSSR count). The molecule has 2 fully saturated rings. The fourth-order valence-electron chi connectivity index (χ4n) is 5.53. The van der Waals surface area contributed by atoms with Crippen molar-refractivity contribution >= 4 is 25.5 Å². The van der Waals surface area contributed by atoms with Crippen LogP contribution in [-0.4, -0.2) is 90.4 Å². The van der Waals surface area contributed by atoms with Crippen LogP contribution >= 0.6 is 7.82 Å². The number of amides is 3. The molecular weight excluding hydrogens is 555 g/mol. The third-order valence-electron chi connectivity index (χ3n) is 7.44. The van der Waals surface area contributed by atoms with Gasteiger partial charge in [0.15, 0.2) is 0 Å². The van der Waals surface area contributed by atoms with Crippen molar-refractivity contribution in [2.75, 3.05) is 26.8 Å². The number of nitrogens with zero attached hydrogens (tertiary/aromatic N) is 1. The first-order valence-electron chi connectivity index (χ1n) is 14.5. The third-order valence-corrected chi connectivity index (χ3v) is 8.73. The molecule has 0 bridgehead atoms. The minimum atomic E-state index is -4.42. The number of hydrogen-bond acceptors (Lipinski definition) is 9. The number of rotatable bonds is 14. The Balaban J connectivity index is 1.46. The molecule has 2 unspecified atom stereocenters. The van der Waals surface area contributed by atoms with E-state index in [-0.39, 0.29) is 42.3 Å². The number of carbonyl (C=O) groups excluding carboxylic acids is 3. The zero-order chi connectivity index (χ0) is 30.4. The molecule has 12 nitrogen and oxygen atoms in total. The van der Waals surface area contributed by atoms with Gasteiger partial charge in [0.2, 0.25) is 5.91 Å². The number of nitrogens with one attached hydrogen (secondary N) is 1. The first kappa shape index (κ1) is 33.8. The standard InChI is InChI=1S/C28H47N2O10P/c1-18(2)37-17-22-26(39-41(34,35)40-28(3,4)5)25(36-6)21(38-22)8-7-15-29-27(33)20-11-9-19(10-12-20)16-30-23(31)13-14-24(30)32/h13-14,18-22,25-26H,7-12,15-17H2,1-6H3,(H,29,33)(H,34,35)/t19?,20?,21-,22+,25+,26?/m0/s1. The van der Waals surface area contributed by atoms with Crippen LogP contribution < -0.4 is 5.32 Å². The number of hydrogen-bond donors (Lipinski definition) is 2. The van der Waals surface area contributed by atoms with Gasteiger partial charge in [-0.25, -0.2) is 4.57 Å². The van der Waals surface area contributed by atoms with Crippen LogP contribution in [0.2, 0.25) is 0 Å². The molecule has 0 spiro atoms. The van der Waals surface area contributed by atoms with Crippen molar-refractivity contribution in [3.8, 4) is 0 Å². The smallest absolute Gasteiger partial charge is 0.376 e. The van der Waals surface area contributed by atoms with E-state index >= 15 is 0 Å². The second-order valence-electron chi connectivity index (χ2n) is 12.3. The summed E-state index contributed by atoms with van der Waals surface area (Å²) < 4.78 is 41.2. The normalized spacial score (nSPS) is 30.3. The van der Waals surface area contributed by atoms with Gasteiger partial charge >= 0.3 is 7.82 Å². The summed E-state index contributed by atoms with van der Waals surface area (Å²) in [6.45, 7) is 9.77. The van der Waals surface area contributed by atoms with Gasteiger partial charge in [-0.2, -0.15) is 0 Å². The molecule has 2 heterocycles. The second-order valence-corrected chi connectivity index (χ2v) is 13.6. The van der Waals surface area contributed by atoms with Crippen molar-refractivity contribution in [2.45, 2.75) is 109 Å². The maximum atomic E-state index is 12.8. The molecule has 0 aromatic carbocycles. The fourth-order valence-corrected chi connectivity index (χ4v) is 6.83. The van der Waals surface area contributed by atoms with E-state index in [0.717, 1.165) is 12.8 Å². The molecule has 1 saturated carbocycles. The Morgan fingerprint density at radius 2 is 1.76 bits per heavy atom. The van der Waals surface area contributed by atoms with E-state index < -0.39 is 37.8 Å². The molecule has 3 aliphatic rings. The largest absolute Gasteiger partial charge is 0.473 e. The summed E-state index contributed by atoms with van der Waals surface area (Å²) in [5.41, 5.74) is -0.892. The Morgan fingerprint density at radius 1 is 1.12 bits per heavy atom. The number of phosphoric acid groups is 1. The topological polar surface area (TPSA) is 150 Å². The molecule has 0 aromatic rings. The Bertz CT molecular complexity index is 971. The van der Waals surface area contributed by atoms with Gasteiger partial charge in [-0.15, -0.1) is 0 Å². The van der Waals surface area contributed by atoms with Crippen LogP contribution in [0.4, 0.5) is 0 Å². The lowest BCUT2D eigenvalue weighted by Gasteiger charge is -2.30. The summed E-state index contributed by atoms with van der Waals surface area (Å²) in [7, 11) is -2.92. The van der Waals surface area contributed by atoms with E-state index in [0.29, 0.717) is 38.8 Å². The molecule has 3 amide bonds. The van der Waals surface area contributed by atoms with Crippen LogP contribution in [0.3, 0.4) is 0 Å². The quantitative estimate of drug-likeness (QED) is 0.172. The van der Waals surface area contributed by atoms with E-state index in [1.54, 1.807) is 20.8 Å². The minimum Gasteiger partial charge on any atom is -0.376 e. The van der Waals surface area contributed by atoms with Crippen LogP contribution in [0.25, 0.3) is 0 Å². The van der Waals surface area contributed by atoms with Gasteiger partial charge in [-0.3, -0.25) is 28.3 Å². The molecule has 0 radical (unpaired) electrons. The summed E-state index contributed by atoms with van der Waals surface area (Å²) in [5.74, 6) is -0.419. The summed E-state index contributed by atoms with van der Waals surface area (Å²) in [6.07, 6.45) is 4.09. The Kier molecular flexibility index (Phi) is 12.1. The highest BCUT2D eigenvalue weighted by molar-refractivity contribution is 7.47. The summed E-state index contributed by atoms with van der Waals surface area (Å²) in [5, 5.41) is 3.01. The van der Waals surface area contributed by atoms with E-state index in [1.807, 2.05) is 13.8 Å². The summed E-state index contributed by atoms with van der Waals surface area (Å²) in [4.78, 5) is 48.1. The maximum Gasteiger partial charge on any atom is 0.473 e. The van der Waals surface area contributed by atoms with Crippen LogP contribution in [0.15, 0.2) is 12.2 Å². The fraction of sp³-hybridized carbons (Fsp3) is 0.821. The number of phosphoric ester groups is 1. The van der Waals surface area contributed by atoms with E-state index in [9.17, 15) is 23.8 Å². The first-order valence-corrected chi connectivity index (χ1v) is 16.0. The molecule has 0 aromatic heterocycles. The molecule has 2 aliphatic heterocycles. The molecule has 1 saturated heterocycles. The molecule has 41 heavy (non-hydrogen) atoms. The zero-order valence-electron chi connectivity index (χ0n) is 25.1. The third kappa shape index (κ3) is 10.2. The summed E-state index contributed by atoms with van der Waals surface area (Å²) in [6, 6.07) is 0. The molecule has 5 atom stereocenters. The maximum absolute atomic E-state index is 12.8. The zero-order valence-corrected chi connectivity index (χ0v) is 26.0. The van der Waals surface area contributed by atoms with Gasteiger partial charge in [0.25, 0.3) is 11.8 Å². The van der Waals surface area contributed by atoms with Crippen molar-refractivity contribution in [2.24, 2.45) is 11.8 Å². The van der Waals surface area contributed by atoms with Crippen molar-refractivity contribution in [3.05, 3.63) is 12.2 Å². The van der Waals surface area contributed by atoms with Gasteiger partial charge in [-0.05, 0) is 79.1 Å². The molecule has 2 N–H and O–H groups in total. The van der Waals surface area contributed by atoms with Crippen LogP contribution in [-0.2, 0) is 42.2 Å². The number of carbonyl (C=O) groups is 3. The average Bonchev–Trinajstić information content (AvgIpc) is 3.37. The number of ether oxygens (including phenoxy) is 3. The van der Waals surface area contributed by atoms with E-state index in [4.69, 9.17) is 23.3 Å². The average molecular weight is 603 g/mol. The highest BCUT2D eigenvalue weighted by Crippen LogP contribution is 2.51. The van der Waals surface area contributed by atoms with Gasteiger partial charge in [0.05, 0.1) is 24.4 Å². The van der Waals surface area contributed by atoms with Crippen LogP contribution in [0, 0.1) is 11.8 Å². The lowest BCUT2D eigenvalue weighted by atomic mass is 9.81. The lowest BCUT2D eigenvalue weighted by molar-refractivity contribution is -0.138. The Morgan fingerprint density at radius 3 is 2.32 bits per heavy atom. The predicted octanol–water partition coefficient (Wildman–Crippen LogP) is 3.12. The number of imide groups is 1. The van der Waals surface area contributed by atoms with Crippen LogP contribution in [0.5, 0.6) is 0 Å². The van der Waals surface area contributed by atoms with Gasteiger partial charge in [0.1, 0.15) is 18.3 Å². The SMILES string of the molecule is CO[C@H]1C(OP(=O)(O)OC(C)(C)C)[C@@H](COC(C)C)O[C@H]1CCCNC(=O)C1CCC(CN2C(=O)C=CC2=O)CC1. The second kappa shape index (κ2) is 14.7. The Labute approximate surface area is 243 Å². The van der Waals surface area contributed by atoms with E-state index in [2.05, 4.69) is 5.32 Å². The molecule has 1 aliphatic carbocycles. The predicted molar refractivity (Wildman–Crippen MR) is 150 cm³/mol. The monoisotopic (exact) mass is 602 g/mol. The van der Waals surface area contributed by atoms with Gasteiger partial charge in [0, 0.05) is 38.3 Å². The molecular formula is C28H47N2O10P. The highest BCUT2D eigenvalue weighted by Gasteiger charge is 2.49. The number of methoxy groups -OCH3 is 1. The van der Waals surface area contributed by atoms with Crippen LogP contribution in [0.1, 0.15) is 73.1 Å². The molecule has 234 valence electrons. The van der Waals surface area contributed by atoms with E-state index in [1.165, 1.54) is 24.2 Å². The minimum absolute atomic E-state index is 0.000887. The van der Waals surface area contributed by atoms with Gasteiger partial charge < -0.3 is 24.4 Å². The van der Waals surface area contributed by atoms with Crippen molar-refractivity contribution < 1.29 is 47.1 Å². The van der Waals surface area contributed by atoms with Crippen molar-refractivity contribution in [1.82, 2.24) is 10.2 Å². The highest BCUT2D eigenvalue weighted by atomic mass is 31.2. The van der Waals surface area contributed by atoms with Gasteiger partial charge in [-0.1, -0.05) is 0 Å². The summed E-state index contributed by atoms with van der Waals surface area (Å²) >= 11 is 0. The molecule has 13 heteroatoms. The lowest BCUT2D eigenvalue weighted by Crippen LogP contribution is -2.39. The first-order chi connectivity index (χ1) is 19.2. The van der Waals surface area contributed by atoms with Crippen molar-refractivity contribution in [1.29, 1.82) is 0 Å². The Hall–Kier alpha value is -1.66. The van der Waals surface area contributed by atoms with Crippen molar-refractivity contribution in [3.63, 3.8) is 0 Å².